The van der Waals surface area contributed by atoms with E-state index in [1.807, 2.05) is 0 Å². The minimum absolute atomic E-state index is 0.314. The average molecular weight is 528 g/mol. The molecule has 0 spiro atoms. The zero-order valence-corrected chi connectivity index (χ0v) is 26.5. The monoisotopic (exact) mass is 528 g/mol. The van der Waals surface area contributed by atoms with E-state index in [0.29, 0.717) is 22.8 Å². The van der Waals surface area contributed by atoms with Gasteiger partial charge in [0.05, 0.1) is 0 Å². The average Bonchev–Trinajstić information content (AvgIpc) is 3.23. The lowest BCUT2D eigenvalue weighted by atomic mass is 9.44. The van der Waals surface area contributed by atoms with Gasteiger partial charge < -0.3 is 4.74 Å². The van der Waals surface area contributed by atoms with Gasteiger partial charge in [0.1, 0.15) is 6.10 Å². The summed E-state index contributed by atoms with van der Waals surface area (Å²) in [5.41, 5.74) is 1.13. The van der Waals surface area contributed by atoms with Crippen LogP contribution >= 0.6 is 0 Å². The van der Waals surface area contributed by atoms with Gasteiger partial charge in [0, 0.05) is 6.42 Å². The van der Waals surface area contributed by atoms with Gasteiger partial charge in [0.25, 0.3) is 0 Å². The van der Waals surface area contributed by atoms with E-state index < -0.39 is 0 Å². The van der Waals surface area contributed by atoms with Gasteiger partial charge in [0.15, 0.2) is 5.90 Å². The summed E-state index contributed by atoms with van der Waals surface area (Å²) in [5, 5.41) is 8.47. The standard InChI is InChI=1S/C36H65NO/c1-7-8-9-10-11-12-16-34(37)38-29-21-23-35(5)28(25-29)17-18-30-32-20-19-31(27(4)15-13-14-26(2)3)36(32,6)24-22-33(30)35/h26-33,37H,7-25H2,1-6H3/t27-,28?,29+,30+,31-,32+,33+,35+,36-/m1/s1. The Bertz CT molecular complexity index is 746. The Hall–Kier alpha value is -0.530. The van der Waals surface area contributed by atoms with Gasteiger partial charge in [-0.15, -0.1) is 0 Å². The van der Waals surface area contributed by atoms with Crippen molar-refractivity contribution >= 4 is 5.90 Å². The normalized spacial score (nSPS) is 39.3. The third kappa shape index (κ3) is 6.67. The Morgan fingerprint density at radius 2 is 1.50 bits per heavy atom. The van der Waals surface area contributed by atoms with Gasteiger partial charge >= 0.3 is 0 Å². The first kappa shape index (κ1) is 30.4. The van der Waals surface area contributed by atoms with Crippen LogP contribution in [0.3, 0.4) is 0 Å². The summed E-state index contributed by atoms with van der Waals surface area (Å²) < 4.78 is 6.31. The molecule has 1 N–H and O–H groups in total. The molecule has 2 nitrogen and oxygen atoms in total. The van der Waals surface area contributed by atoms with Crippen LogP contribution in [0.5, 0.6) is 0 Å². The van der Waals surface area contributed by atoms with Gasteiger partial charge in [-0.05, 0) is 116 Å². The summed E-state index contributed by atoms with van der Waals surface area (Å²) in [5.74, 6) is 7.03. The van der Waals surface area contributed by atoms with Gasteiger partial charge in [-0.2, -0.15) is 0 Å². The highest BCUT2D eigenvalue weighted by Gasteiger charge is 2.60. The van der Waals surface area contributed by atoms with Crippen LogP contribution in [0.15, 0.2) is 0 Å². The van der Waals surface area contributed by atoms with Crippen molar-refractivity contribution in [2.45, 2.75) is 170 Å². The Kier molecular flexibility index (Phi) is 10.7. The first-order valence-electron chi connectivity index (χ1n) is 17.4. The van der Waals surface area contributed by atoms with Crippen LogP contribution in [0.25, 0.3) is 0 Å². The van der Waals surface area contributed by atoms with E-state index in [-0.39, 0.29) is 0 Å². The fraction of sp³-hybridized carbons (Fsp3) is 0.972. The van der Waals surface area contributed by atoms with Crippen LogP contribution in [-0.2, 0) is 4.74 Å². The Labute approximate surface area is 237 Å². The molecule has 0 saturated heterocycles. The molecule has 4 aliphatic carbocycles. The highest BCUT2D eigenvalue weighted by atomic mass is 16.5. The quantitative estimate of drug-likeness (QED) is 0.144. The Morgan fingerprint density at radius 3 is 2.26 bits per heavy atom. The molecular weight excluding hydrogens is 462 g/mol. The van der Waals surface area contributed by atoms with E-state index in [1.54, 1.807) is 0 Å². The second kappa shape index (κ2) is 13.4. The third-order valence-corrected chi connectivity index (χ3v) is 12.9. The minimum atomic E-state index is 0.314. The van der Waals surface area contributed by atoms with Crippen molar-refractivity contribution in [2.24, 2.45) is 52.3 Å². The predicted octanol–water partition coefficient (Wildman–Crippen LogP) is 11.2. The lowest BCUT2D eigenvalue weighted by Crippen LogP contribution is -2.54. The summed E-state index contributed by atoms with van der Waals surface area (Å²) >= 11 is 0. The fourth-order valence-electron chi connectivity index (χ4n) is 10.7. The summed E-state index contributed by atoms with van der Waals surface area (Å²) in [6.07, 6.45) is 25.8. The molecule has 4 fully saturated rings. The molecule has 9 atom stereocenters. The van der Waals surface area contributed by atoms with E-state index in [4.69, 9.17) is 10.1 Å². The maximum Gasteiger partial charge on any atom is 0.180 e. The molecule has 1 unspecified atom stereocenters. The number of hydrogen-bond acceptors (Lipinski definition) is 2. The molecule has 2 heteroatoms. The Balaban J connectivity index is 1.28. The van der Waals surface area contributed by atoms with Crippen LogP contribution in [0.1, 0.15) is 164 Å². The molecule has 220 valence electrons. The third-order valence-electron chi connectivity index (χ3n) is 12.9. The molecule has 38 heavy (non-hydrogen) atoms. The van der Waals surface area contributed by atoms with Gasteiger partial charge in [-0.25, -0.2) is 0 Å². The van der Waals surface area contributed by atoms with Gasteiger partial charge in [-0.1, -0.05) is 92.9 Å². The molecular formula is C36H65NO. The largest absolute Gasteiger partial charge is 0.478 e. The number of fused-ring (bicyclic) bond motifs is 5. The van der Waals surface area contributed by atoms with Crippen molar-refractivity contribution in [3.63, 3.8) is 0 Å². The number of hydrogen-bond donors (Lipinski definition) is 1. The molecule has 0 aromatic heterocycles. The lowest BCUT2D eigenvalue weighted by molar-refractivity contribution is -0.128. The second-order valence-corrected chi connectivity index (χ2v) is 15.6. The van der Waals surface area contributed by atoms with Crippen LogP contribution in [0.2, 0.25) is 0 Å². The lowest BCUT2D eigenvalue weighted by Gasteiger charge is -2.61. The smallest absolute Gasteiger partial charge is 0.180 e. The van der Waals surface area contributed by atoms with Crippen LogP contribution in [0.4, 0.5) is 0 Å². The van der Waals surface area contributed by atoms with Crippen molar-refractivity contribution in [3.8, 4) is 0 Å². The molecule has 0 heterocycles. The minimum Gasteiger partial charge on any atom is -0.478 e. The van der Waals surface area contributed by atoms with Crippen LogP contribution in [-0.4, -0.2) is 12.0 Å². The number of rotatable bonds is 13. The molecule has 4 saturated carbocycles. The SMILES string of the molecule is CCCCCCCCC(=N)O[C@H]1CC[C@@]2(C)C(CC[C@H]3[C@@H]4CC[C@H]([C@H](C)CCCC(C)C)[C@@]4(C)CC[C@@H]32)C1. The van der Waals surface area contributed by atoms with Crippen molar-refractivity contribution < 1.29 is 4.74 Å². The van der Waals surface area contributed by atoms with E-state index >= 15 is 0 Å². The summed E-state index contributed by atoms with van der Waals surface area (Å²) in [6.45, 7) is 15.1. The number of ether oxygens (including phenoxy) is 1. The number of unbranched alkanes of at least 4 members (excludes halogenated alkanes) is 5. The van der Waals surface area contributed by atoms with Crippen LogP contribution < -0.4 is 0 Å². The first-order valence-corrected chi connectivity index (χ1v) is 17.4. The van der Waals surface area contributed by atoms with Crippen LogP contribution in [0, 0.1) is 57.7 Å². The zero-order chi connectivity index (χ0) is 27.3. The topological polar surface area (TPSA) is 33.1 Å². The molecule has 0 radical (unpaired) electrons. The van der Waals surface area contributed by atoms with Crippen molar-refractivity contribution in [3.05, 3.63) is 0 Å². The maximum absolute atomic E-state index is 8.47. The Morgan fingerprint density at radius 1 is 0.789 bits per heavy atom. The van der Waals surface area contributed by atoms with E-state index in [2.05, 4.69) is 41.5 Å². The molecule has 4 rings (SSSR count). The van der Waals surface area contributed by atoms with E-state index in [9.17, 15) is 0 Å². The molecule has 0 aromatic carbocycles. The molecule has 0 aliphatic heterocycles. The van der Waals surface area contributed by atoms with Gasteiger partial charge in [0.2, 0.25) is 0 Å². The number of nitrogens with one attached hydrogen (secondary N) is 1. The zero-order valence-electron chi connectivity index (χ0n) is 26.5. The molecule has 0 bridgehead atoms. The van der Waals surface area contributed by atoms with Crippen molar-refractivity contribution in [2.75, 3.05) is 0 Å². The molecule has 0 aromatic rings. The summed E-state index contributed by atoms with van der Waals surface area (Å²) in [4.78, 5) is 0. The van der Waals surface area contributed by atoms with Gasteiger partial charge in [-0.3, -0.25) is 5.41 Å². The van der Waals surface area contributed by atoms with E-state index in [0.717, 1.165) is 54.3 Å². The summed E-state index contributed by atoms with van der Waals surface area (Å²) in [6, 6.07) is 0. The molecule has 0 amide bonds. The highest BCUT2D eigenvalue weighted by Crippen LogP contribution is 2.68. The van der Waals surface area contributed by atoms with Crippen molar-refractivity contribution in [1.29, 1.82) is 5.41 Å². The first-order chi connectivity index (χ1) is 18.2. The van der Waals surface area contributed by atoms with E-state index in [1.165, 1.54) is 109 Å². The predicted molar refractivity (Wildman–Crippen MR) is 164 cm³/mol. The fourth-order valence-corrected chi connectivity index (χ4v) is 10.7. The molecule has 4 aliphatic rings. The van der Waals surface area contributed by atoms with Crippen molar-refractivity contribution in [1.82, 2.24) is 0 Å². The maximum atomic E-state index is 8.47. The highest BCUT2D eigenvalue weighted by molar-refractivity contribution is 5.72. The summed E-state index contributed by atoms with van der Waals surface area (Å²) in [7, 11) is 0. The second-order valence-electron chi connectivity index (χ2n) is 15.6.